The summed E-state index contributed by atoms with van der Waals surface area (Å²) < 4.78 is 42.2. The van der Waals surface area contributed by atoms with Crippen LogP contribution in [0.5, 0.6) is 11.5 Å². The summed E-state index contributed by atoms with van der Waals surface area (Å²) in [6, 6.07) is 6.91. The van der Waals surface area contributed by atoms with Crippen LogP contribution in [0, 0.1) is 17.6 Å². The lowest BCUT2D eigenvalue weighted by atomic mass is 9.87. The predicted molar refractivity (Wildman–Crippen MR) is 160 cm³/mol. The molecule has 232 valence electrons. The normalized spacial score (nSPS) is 16.6. The fourth-order valence-electron chi connectivity index (χ4n) is 5.56. The number of carbonyl (C=O) groups excluding carboxylic acids is 1. The molecule has 0 spiro atoms. The lowest BCUT2D eigenvalue weighted by molar-refractivity contribution is 0.00872. The zero-order valence-electron chi connectivity index (χ0n) is 24.7. The number of benzene rings is 2. The number of fused-ring (bicyclic) bond motifs is 1. The molecule has 2 saturated carbocycles. The highest BCUT2D eigenvalue weighted by Crippen LogP contribution is 2.48. The van der Waals surface area contributed by atoms with Crippen molar-refractivity contribution in [1.82, 2.24) is 20.1 Å². The summed E-state index contributed by atoms with van der Waals surface area (Å²) in [6.07, 6.45) is 5.32. The number of nitrogens with one attached hydrogen (secondary N) is 1. The molecular weight excluding hydrogens is 594 g/mol. The minimum Gasteiger partial charge on any atom is -0.494 e. The lowest BCUT2D eigenvalue weighted by Crippen LogP contribution is -2.43. The van der Waals surface area contributed by atoms with Crippen LogP contribution in [0.4, 0.5) is 8.78 Å². The standard InChI is InChI=1S/C32H33ClF2N4O5/c1-31(2,41)21-12-26(37-28(29(21)44-4)20-11-22(33)24(35)13-23(20)34)32(42,18-5-6-18)15-36-30(40)16-9-17-14-39(19-7-8-19)38-27(17)25(10-16)43-3/h9-14,18-19,41-42H,5-8,15H2,1-4H3,(H,36,40)/t32-/m1/s1. The molecule has 12 heteroatoms. The third-order valence-electron chi connectivity index (χ3n) is 8.31. The number of carbonyl (C=O) groups is 1. The van der Waals surface area contributed by atoms with E-state index in [-0.39, 0.29) is 45.7 Å². The second-order valence-corrected chi connectivity index (χ2v) is 12.5. The van der Waals surface area contributed by atoms with Gasteiger partial charge in [0.15, 0.2) is 5.75 Å². The molecule has 2 aromatic heterocycles. The minimum absolute atomic E-state index is 0.0390. The molecule has 0 unspecified atom stereocenters. The number of ether oxygens (including phenoxy) is 2. The summed E-state index contributed by atoms with van der Waals surface area (Å²) in [5, 5.41) is 31.1. The molecule has 2 aliphatic carbocycles. The average Bonchev–Trinajstić information content (AvgIpc) is 3.93. The van der Waals surface area contributed by atoms with Gasteiger partial charge in [-0.2, -0.15) is 5.10 Å². The Bertz CT molecular complexity index is 1780. The maximum atomic E-state index is 15.1. The summed E-state index contributed by atoms with van der Waals surface area (Å²) >= 11 is 6.00. The van der Waals surface area contributed by atoms with Crippen LogP contribution in [0.3, 0.4) is 0 Å². The van der Waals surface area contributed by atoms with Gasteiger partial charge in [-0.3, -0.25) is 9.48 Å². The van der Waals surface area contributed by atoms with Gasteiger partial charge in [0.05, 0.1) is 43.1 Å². The first-order chi connectivity index (χ1) is 20.8. The van der Waals surface area contributed by atoms with Gasteiger partial charge >= 0.3 is 0 Å². The Labute approximate surface area is 257 Å². The molecule has 3 N–H and O–H groups in total. The largest absolute Gasteiger partial charge is 0.494 e. The number of hydrogen-bond acceptors (Lipinski definition) is 7. The number of methoxy groups -OCH3 is 2. The monoisotopic (exact) mass is 626 g/mol. The molecular formula is C32H33ClF2N4O5. The highest BCUT2D eigenvalue weighted by molar-refractivity contribution is 6.31. The van der Waals surface area contributed by atoms with Crippen molar-refractivity contribution < 1.29 is 33.3 Å². The topological polar surface area (TPSA) is 119 Å². The van der Waals surface area contributed by atoms with Gasteiger partial charge in [-0.1, -0.05) is 11.6 Å². The maximum Gasteiger partial charge on any atom is 0.251 e. The Morgan fingerprint density at radius 2 is 1.80 bits per heavy atom. The van der Waals surface area contributed by atoms with Crippen molar-refractivity contribution >= 4 is 28.4 Å². The van der Waals surface area contributed by atoms with Gasteiger partial charge in [0.25, 0.3) is 5.91 Å². The molecule has 2 heterocycles. The Kier molecular flexibility index (Phi) is 7.54. The number of aromatic nitrogens is 3. The van der Waals surface area contributed by atoms with Crippen LogP contribution in [0.2, 0.25) is 5.02 Å². The number of pyridine rings is 1. The second-order valence-electron chi connectivity index (χ2n) is 12.1. The fourth-order valence-corrected chi connectivity index (χ4v) is 5.72. The van der Waals surface area contributed by atoms with Gasteiger partial charge in [-0.25, -0.2) is 13.8 Å². The van der Waals surface area contributed by atoms with Crippen molar-refractivity contribution in [2.24, 2.45) is 5.92 Å². The molecule has 9 nitrogen and oxygen atoms in total. The van der Waals surface area contributed by atoms with Gasteiger partial charge in [0, 0.05) is 34.3 Å². The summed E-state index contributed by atoms with van der Waals surface area (Å²) in [5.74, 6) is -2.12. The molecule has 6 rings (SSSR count). The van der Waals surface area contributed by atoms with Gasteiger partial charge in [-0.15, -0.1) is 0 Å². The van der Waals surface area contributed by atoms with Crippen LogP contribution < -0.4 is 14.8 Å². The van der Waals surface area contributed by atoms with E-state index in [1.54, 1.807) is 12.1 Å². The Morgan fingerprint density at radius 3 is 2.41 bits per heavy atom. The first-order valence-corrected chi connectivity index (χ1v) is 14.8. The van der Waals surface area contributed by atoms with E-state index in [0.29, 0.717) is 41.8 Å². The van der Waals surface area contributed by atoms with E-state index in [1.165, 1.54) is 34.1 Å². The van der Waals surface area contributed by atoms with Crippen molar-refractivity contribution in [1.29, 1.82) is 0 Å². The summed E-state index contributed by atoms with van der Waals surface area (Å²) in [4.78, 5) is 18.1. The van der Waals surface area contributed by atoms with E-state index < -0.39 is 28.7 Å². The summed E-state index contributed by atoms with van der Waals surface area (Å²) in [5.41, 5.74) is -2.16. The van der Waals surface area contributed by atoms with Crippen LogP contribution in [0.1, 0.15) is 67.2 Å². The van der Waals surface area contributed by atoms with Crippen molar-refractivity contribution in [3.8, 4) is 22.8 Å². The molecule has 0 bridgehead atoms. The molecule has 44 heavy (non-hydrogen) atoms. The minimum atomic E-state index is -1.69. The van der Waals surface area contributed by atoms with Gasteiger partial charge in [0.2, 0.25) is 0 Å². The Hall–Kier alpha value is -3.80. The van der Waals surface area contributed by atoms with Crippen LogP contribution in [-0.4, -0.2) is 51.6 Å². The number of halogens is 3. The second kappa shape index (κ2) is 11.0. The van der Waals surface area contributed by atoms with E-state index in [1.807, 2.05) is 10.9 Å². The quantitative estimate of drug-likeness (QED) is 0.195. The predicted octanol–water partition coefficient (Wildman–Crippen LogP) is 5.64. The smallest absolute Gasteiger partial charge is 0.251 e. The molecule has 2 aliphatic rings. The molecule has 1 amide bonds. The molecule has 2 aromatic carbocycles. The van der Waals surface area contributed by atoms with Crippen LogP contribution >= 0.6 is 11.6 Å². The number of hydrogen-bond donors (Lipinski definition) is 3. The zero-order valence-corrected chi connectivity index (χ0v) is 25.5. The average molecular weight is 627 g/mol. The van der Waals surface area contributed by atoms with Crippen molar-refractivity contribution in [3.63, 3.8) is 0 Å². The van der Waals surface area contributed by atoms with Crippen LogP contribution in [0.25, 0.3) is 22.2 Å². The zero-order chi connectivity index (χ0) is 31.6. The van der Waals surface area contributed by atoms with Crippen LogP contribution in [-0.2, 0) is 11.2 Å². The number of aliphatic hydroxyl groups is 2. The molecule has 0 saturated heterocycles. The fraction of sp³-hybridized carbons (Fsp3) is 0.406. The van der Waals surface area contributed by atoms with Gasteiger partial charge in [0.1, 0.15) is 34.2 Å². The number of rotatable bonds is 10. The molecule has 0 aliphatic heterocycles. The van der Waals surface area contributed by atoms with E-state index in [0.717, 1.165) is 24.3 Å². The lowest BCUT2D eigenvalue weighted by Gasteiger charge is -2.31. The van der Waals surface area contributed by atoms with E-state index >= 15 is 4.39 Å². The van der Waals surface area contributed by atoms with E-state index in [4.69, 9.17) is 21.1 Å². The summed E-state index contributed by atoms with van der Waals surface area (Å²) in [7, 11) is 2.86. The Balaban J connectivity index is 1.39. The first-order valence-electron chi connectivity index (χ1n) is 14.4. The molecule has 2 fully saturated rings. The number of amides is 1. The highest BCUT2D eigenvalue weighted by Gasteiger charge is 2.47. The first kappa shape index (κ1) is 30.2. The third-order valence-corrected chi connectivity index (χ3v) is 8.60. The third kappa shape index (κ3) is 5.48. The number of nitrogens with zero attached hydrogens (tertiary/aromatic N) is 3. The van der Waals surface area contributed by atoms with Crippen molar-refractivity contribution in [2.45, 2.75) is 56.8 Å². The molecule has 0 radical (unpaired) electrons. The molecule has 1 atom stereocenters. The van der Waals surface area contributed by atoms with Gasteiger partial charge in [-0.05, 0) is 69.7 Å². The summed E-state index contributed by atoms with van der Waals surface area (Å²) in [6.45, 7) is 2.80. The van der Waals surface area contributed by atoms with E-state index in [2.05, 4.69) is 15.4 Å². The molecule has 4 aromatic rings. The Morgan fingerprint density at radius 1 is 1.07 bits per heavy atom. The SMILES string of the molecule is COc1c(C(C)(C)O)cc([C@@](O)(CNC(=O)c2cc(OC)c3nn(C4CC4)cc3c2)C2CC2)nc1-c1cc(Cl)c(F)cc1F. The van der Waals surface area contributed by atoms with Gasteiger partial charge < -0.3 is 25.0 Å². The maximum absolute atomic E-state index is 15.1. The van der Waals surface area contributed by atoms with Crippen molar-refractivity contribution in [2.75, 3.05) is 20.8 Å². The van der Waals surface area contributed by atoms with Crippen molar-refractivity contribution in [3.05, 3.63) is 70.0 Å². The van der Waals surface area contributed by atoms with E-state index in [9.17, 15) is 19.4 Å². The van der Waals surface area contributed by atoms with Crippen LogP contribution in [0.15, 0.2) is 36.5 Å². The highest BCUT2D eigenvalue weighted by atomic mass is 35.5.